The minimum Gasteiger partial charge on any atom is -0.392 e. The number of amides is 1. The summed E-state index contributed by atoms with van der Waals surface area (Å²) in [7, 11) is 1.67. The Balaban J connectivity index is 1.43. The third-order valence-electron chi connectivity index (χ3n) is 6.11. The normalized spacial score (nSPS) is 15.7. The van der Waals surface area contributed by atoms with Crippen LogP contribution in [0.4, 0.5) is 5.13 Å². The first-order valence-electron chi connectivity index (χ1n) is 11.2. The molecule has 2 N–H and O–H groups in total. The van der Waals surface area contributed by atoms with E-state index in [4.69, 9.17) is 4.98 Å². The van der Waals surface area contributed by atoms with Crippen LogP contribution in [0.5, 0.6) is 0 Å². The van der Waals surface area contributed by atoms with Crippen molar-refractivity contribution in [2.45, 2.75) is 32.0 Å². The lowest BCUT2D eigenvalue weighted by Gasteiger charge is -2.23. The van der Waals surface area contributed by atoms with Gasteiger partial charge in [-0.3, -0.25) is 14.2 Å². The summed E-state index contributed by atoms with van der Waals surface area (Å²) in [5, 5.41) is 13.1. The van der Waals surface area contributed by atoms with E-state index in [1.807, 2.05) is 59.5 Å². The van der Waals surface area contributed by atoms with Crippen LogP contribution >= 0.6 is 11.3 Å². The predicted octanol–water partition coefficient (Wildman–Crippen LogP) is 2.83. The number of hydrogen-bond donors (Lipinski definition) is 2. The number of aromatic nitrogens is 3. The van der Waals surface area contributed by atoms with E-state index in [1.165, 1.54) is 15.9 Å². The number of carbonyl (C=O) groups is 1. The van der Waals surface area contributed by atoms with Crippen molar-refractivity contribution in [1.29, 1.82) is 0 Å². The number of hydrogen-bond acceptors (Lipinski definition) is 7. The van der Waals surface area contributed by atoms with Gasteiger partial charge in [0.25, 0.3) is 5.56 Å². The molecule has 2 aromatic carbocycles. The van der Waals surface area contributed by atoms with Crippen molar-refractivity contribution in [2.75, 3.05) is 11.4 Å². The van der Waals surface area contributed by atoms with Gasteiger partial charge in [0, 0.05) is 25.7 Å². The lowest BCUT2D eigenvalue weighted by Crippen LogP contribution is -2.43. The summed E-state index contributed by atoms with van der Waals surface area (Å²) in [4.78, 5) is 37.9. The SMILES string of the molecule is Cn1c(-c2cccc(CO)c2)nc2sc(N3CCC[C@@H]3C(=O)NCc3ccccc3)nc2c1=O. The monoisotopic (exact) mass is 475 g/mol. The second-order valence-corrected chi connectivity index (χ2v) is 9.32. The number of thiazole rings is 1. The van der Waals surface area contributed by atoms with Crippen LogP contribution in [-0.2, 0) is 25.0 Å². The molecule has 2 aromatic heterocycles. The smallest absolute Gasteiger partial charge is 0.281 e. The van der Waals surface area contributed by atoms with E-state index in [-0.39, 0.29) is 24.1 Å². The van der Waals surface area contributed by atoms with Crippen molar-refractivity contribution >= 4 is 32.7 Å². The number of rotatable bonds is 6. The third kappa shape index (κ3) is 4.20. The summed E-state index contributed by atoms with van der Waals surface area (Å²) in [6.07, 6.45) is 1.62. The highest BCUT2D eigenvalue weighted by Crippen LogP contribution is 2.32. The molecule has 0 bridgehead atoms. The van der Waals surface area contributed by atoms with Gasteiger partial charge in [-0.05, 0) is 30.0 Å². The predicted molar refractivity (Wildman–Crippen MR) is 133 cm³/mol. The average molecular weight is 476 g/mol. The van der Waals surface area contributed by atoms with Crippen molar-refractivity contribution in [2.24, 2.45) is 7.05 Å². The number of nitrogens with one attached hydrogen (secondary N) is 1. The van der Waals surface area contributed by atoms with Crippen LogP contribution in [0.1, 0.15) is 24.0 Å². The van der Waals surface area contributed by atoms with Gasteiger partial charge in [0.05, 0.1) is 6.61 Å². The molecule has 0 saturated carbocycles. The summed E-state index contributed by atoms with van der Waals surface area (Å²) >= 11 is 1.33. The second kappa shape index (κ2) is 9.36. The maximum Gasteiger partial charge on any atom is 0.281 e. The topological polar surface area (TPSA) is 100 Å². The molecule has 3 heterocycles. The molecule has 1 fully saturated rings. The number of fused-ring (bicyclic) bond motifs is 1. The standard InChI is InChI=1S/C25H25N5O3S/c1-29-21(18-10-5-9-17(13-18)15-31)28-23-20(24(29)33)27-25(34-23)30-12-6-11-19(30)22(32)26-14-16-7-3-2-4-8-16/h2-5,7-10,13,19,31H,6,11-12,14-15H2,1H3,(H,26,32)/t19-/m1/s1. The number of aliphatic hydroxyl groups is 1. The Hall–Kier alpha value is -3.56. The molecular weight excluding hydrogens is 450 g/mol. The minimum atomic E-state index is -0.325. The lowest BCUT2D eigenvalue weighted by atomic mass is 10.1. The Morgan fingerprint density at radius 3 is 2.74 bits per heavy atom. The number of aliphatic hydroxyl groups excluding tert-OH is 1. The van der Waals surface area contributed by atoms with E-state index in [0.29, 0.717) is 34.4 Å². The molecule has 0 unspecified atom stereocenters. The maximum absolute atomic E-state index is 13.1. The van der Waals surface area contributed by atoms with Gasteiger partial charge >= 0.3 is 0 Å². The van der Waals surface area contributed by atoms with Crippen LogP contribution in [0.15, 0.2) is 59.4 Å². The molecule has 5 rings (SSSR count). The fourth-order valence-electron chi connectivity index (χ4n) is 4.30. The lowest BCUT2D eigenvalue weighted by molar-refractivity contribution is -0.122. The van der Waals surface area contributed by atoms with Gasteiger partial charge < -0.3 is 15.3 Å². The molecule has 1 amide bonds. The van der Waals surface area contributed by atoms with Crippen LogP contribution in [0.2, 0.25) is 0 Å². The number of anilines is 1. The molecule has 1 aliphatic heterocycles. The highest BCUT2D eigenvalue weighted by atomic mass is 32.1. The molecule has 4 aromatic rings. The first-order valence-corrected chi connectivity index (χ1v) is 12.0. The van der Waals surface area contributed by atoms with Crippen LogP contribution in [-0.4, -0.2) is 38.1 Å². The van der Waals surface area contributed by atoms with Crippen molar-refractivity contribution < 1.29 is 9.90 Å². The van der Waals surface area contributed by atoms with Crippen molar-refractivity contribution in [1.82, 2.24) is 19.9 Å². The zero-order valence-electron chi connectivity index (χ0n) is 18.8. The van der Waals surface area contributed by atoms with Crippen molar-refractivity contribution in [3.8, 4) is 11.4 Å². The Bertz CT molecular complexity index is 1400. The highest BCUT2D eigenvalue weighted by molar-refractivity contribution is 7.21. The van der Waals surface area contributed by atoms with Gasteiger partial charge in [-0.15, -0.1) is 0 Å². The molecule has 1 atom stereocenters. The summed E-state index contributed by atoms with van der Waals surface area (Å²) in [6.45, 7) is 1.09. The summed E-state index contributed by atoms with van der Waals surface area (Å²) in [5.41, 5.74) is 2.62. The fraction of sp³-hybridized carbons (Fsp3) is 0.280. The average Bonchev–Trinajstić information content (AvgIpc) is 3.53. The zero-order valence-corrected chi connectivity index (χ0v) is 19.6. The van der Waals surface area contributed by atoms with E-state index < -0.39 is 0 Å². The van der Waals surface area contributed by atoms with Gasteiger partial charge in [0.2, 0.25) is 5.91 Å². The van der Waals surface area contributed by atoms with Crippen LogP contribution < -0.4 is 15.8 Å². The van der Waals surface area contributed by atoms with Crippen molar-refractivity contribution in [3.05, 3.63) is 76.1 Å². The molecular formula is C25H25N5O3S. The molecule has 0 spiro atoms. The summed E-state index contributed by atoms with van der Waals surface area (Å²) in [6, 6.07) is 16.8. The van der Waals surface area contributed by atoms with Gasteiger partial charge in [0.1, 0.15) is 11.9 Å². The minimum absolute atomic E-state index is 0.0389. The Kier molecular flexibility index (Phi) is 6.12. The van der Waals surface area contributed by atoms with Gasteiger partial charge in [-0.25, -0.2) is 9.97 Å². The molecule has 0 aliphatic carbocycles. The van der Waals surface area contributed by atoms with E-state index in [9.17, 15) is 14.7 Å². The molecule has 1 aliphatic rings. The van der Waals surface area contributed by atoms with Gasteiger partial charge in [-0.2, -0.15) is 0 Å². The van der Waals surface area contributed by atoms with Gasteiger partial charge in [-0.1, -0.05) is 59.9 Å². The summed E-state index contributed by atoms with van der Waals surface area (Å²) < 4.78 is 1.48. The second-order valence-electron chi connectivity index (χ2n) is 8.36. The molecule has 174 valence electrons. The van der Waals surface area contributed by atoms with E-state index in [0.717, 1.165) is 29.5 Å². The third-order valence-corrected chi connectivity index (χ3v) is 7.10. The number of nitrogens with zero attached hydrogens (tertiary/aromatic N) is 4. The van der Waals surface area contributed by atoms with Gasteiger partial charge in [0.15, 0.2) is 15.5 Å². The van der Waals surface area contributed by atoms with Crippen LogP contribution in [0.3, 0.4) is 0 Å². The first kappa shape index (κ1) is 22.2. The van der Waals surface area contributed by atoms with E-state index in [1.54, 1.807) is 7.05 Å². The van der Waals surface area contributed by atoms with Crippen LogP contribution in [0, 0.1) is 0 Å². The molecule has 9 heteroatoms. The molecule has 8 nitrogen and oxygen atoms in total. The summed E-state index contributed by atoms with van der Waals surface area (Å²) in [5.74, 6) is 0.476. The van der Waals surface area contributed by atoms with E-state index >= 15 is 0 Å². The largest absolute Gasteiger partial charge is 0.392 e. The fourth-order valence-corrected chi connectivity index (χ4v) is 5.31. The Labute approximate surface area is 200 Å². The first-order chi connectivity index (χ1) is 16.5. The number of carbonyl (C=O) groups excluding carboxylic acids is 1. The maximum atomic E-state index is 13.1. The van der Waals surface area contributed by atoms with Crippen molar-refractivity contribution in [3.63, 3.8) is 0 Å². The molecule has 0 radical (unpaired) electrons. The Morgan fingerprint density at radius 2 is 1.94 bits per heavy atom. The molecule has 34 heavy (non-hydrogen) atoms. The van der Waals surface area contributed by atoms with Crippen LogP contribution in [0.25, 0.3) is 21.7 Å². The zero-order chi connectivity index (χ0) is 23.7. The highest BCUT2D eigenvalue weighted by Gasteiger charge is 2.33. The Morgan fingerprint density at radius 1 is 1.15 bits per heavy atom. The quantitative estimate of drug-likeness (QED) is 0.445. The number of benzene rings is 2. The van der Waals surface area contributed by atoms with E-state index in [2.05, 4.69) is 10.3 Å². The molecule has 1 saturated heterocycles.